The maximum absolute atomic E-state index is 4.40. The fraction of sp³-hybridized carbons (Fsp3) is 0.769. The summed E-state index contributed by atoms with van der Waals surface area (Å²) in [7, 11) is 2.21. The van der Waals surface area contributed by atoms with Crippen molar-refractivity contribution in [3.63, 3.8) is 0 Å². The van der Waals surface area contributed by atoms with Crippen LogP contribution in [0.1, 0.15) is 32.5 Å². The van der Waals surface area contributed by atoms with Gasteiger partial charge in [0.1, 0.15) is 5.82 Å². The summed E-state index contributed by atoms with van der Waals surface area (Å²) in [5.41, 5.74) is 0. The average Bonchev–Trinajstić information content (AvgIpc) is 2.78. The number of piperidine rings is 1. The van der Waals surface area contributed by atoms with Crippen molar-refractivity contribution in [3.05, 3.63) is 18.2 Å². The second-order valence-corrected chi connectivity index (χ2v) is 5.06. The van der Waals surface area contributed by atoms with Gasteiger partial charge in [-0.1, -0.05) is 0 Å². The van der Waals surface area contributed by atoms with E-state index in [-0.39, 0.29) is 0 Å². The van der Waals surface area contributed by atoms with Crippen molar-refractivity contribution in [1.82, 2.24) is 19.8 Å². The smallest absolute Gasteiger partial charge is 0.122 e. The molecule has 17 heavy (non-hydrogen) atoms. The minimum Gasteiger partial charge on any atom is -0.334 e. The summed E-state index contributed by atoms with van der Waals surface area (Å²) in [6.07, 6.45) is 6.42. The van der Waals surface area contributed by atoms with Crippen LogP contribution in [-0.2, 0) is 13.1 Å². The third-order valence-electron chi connectivity index (χ3n) is 3.90. The molecule has 96 valence electrons. The maximum atomic E-state index is 4.40. The first-order valence-electron chi connectivity index (χ1n) is 6.64. The van der Waals surface area contributed by atoms with Crippen LogP contribution in [0.4, 0.5) is 0 Å². The molecule has 0 amide bonds. The van der Waals surface area contributed by atoms with Gasteiger partial charge in [-0.05, 0) is 40.3 Å². The Balaban J connectivity index is 1.82. The van der Waals surface area contributed by atoms with Crippen molar-refractivity contribution >= 4 is 0 Å². The quantitative estimate of drug-likeness (QED) is 0.859. The van der Waals surface area contributed by atoms with Crippen LogP contribution in [0.2, 0.25) is 0 Å². The lowest BCUT2D eigenvalue weighted by atomic mass is 9.99. The number of nitrogens with zero attached hydrogens (tertiary/aromatic N) is 3. The Bertz CT molecular complexity index is 347. The van der Waals surface area contributed by atoms with Crippen LogP contribution in [0.5, 0.6) is 0 Å². The minimum atomic E-state index is 0.642. The SMILES string of the molecule is CCn1ccnc1CNC1CCN(C)C(C)C1. The molecular formula is C13H24N4. The molecule has 0 spiro atoms. The van der Waals surface area contributed by atoms with E-state index in [1.54, 1.807) is 0 Å². The summed E-state index contributed by atoms with van der Waals surface area (Å²) in [6, 6.07) is 1.33. The van der Waals surface area contributed by atoms with Crippen molar-refractivity contribution in [2.75, 3.05) is 13.6 Å². The van der Waals surface area contributed by atoms with Gasteiger partial charge < -0.3 is 14.8 Å². The number of aromatic nitrogens is 2. The predicted molar refractivity (Wildman–Crippen MR) is 69.9 cm³/mol. The second kappa shape index (κ2) is 5.65. The molecule has 0 aromatic carbocycles. The number of hydrogen-bond donors (Lipinski definition) is 1. The van der Waals surface area contributed by atoms with Crippen molar-refractivity contribution in [3.8, 4) is 0 Å². The second-order valence-electron chi connectivity index (χ2n) is 5.06. The summed E-state index contributed by atoms with van der Waals surface area (Å²) >= 11 is 0. The van der Waals surface area contributed by atoms with Gasteiger partial charge >= 0.3 is 0 Å². The summed E-state index contributed by atoms with van der Waals surface area (Å²) in [5, 5.41) is 3.64. The zero-order chi connectivity index (χ0) is 12.3. The Labute approximate surface area is 104 Å². The molecule has 4 heteroatoms. The predicted octanol–water partition coefficient (Wildman–Crippen LogP) is 1.48. The zero-order valence-corrected chi connectivity index (χ0v) is 11.2. The topological polar surface area (TPSA) is 33.1 Å². The Morgan fingerprint density at radius 2 is 2.35 bits per heavy atom. The Hall–Kier alpha value is -0.870. The average molecular weight is 236 g/mol. The van der Waals surface area contributed by atoms with E-state index in [0.717, 1.165) is 18.9 Å². The number of rotatable bonds is 4. The van der Waals surface area contributed by atoms with Gasteiger partial charge in [0.25, 0.3) is 0 Å². The van der Waals surface area contributed by atoms with E-state index in [2.05, 4.69) is 40.7 Å². The third kappa shape index (κ3) is 3.07. The van der Waals surface area contributed by atoms with E-state index in [0.29, 0.717) is 12.1 Å². The van der Waals surface area contributed by atoms with Gasteiger partial charge in [-0.3, -0.25) is 0 Å². The molecule has 1 aliphatic rings. The van der Waals surface area contributed by atoms with Gasteiger partial charge in [-0.15, -0.1) is 0 Å². The van der Waals surface area contributed by atoms with Gasteiger partial charge in [0.15, 0.2) is 0 Å². The van der Waals surface area contributed by atoms with Gasteiger partial charge in [-0.2, -0.15) is 0 Å². The maximum Gasteiger partial charge on any atom is 0.122 e. The largest absolute Gasteiger partial charge is 0.334 e. The fourth-order valence-electron chi connectivity index (χ4n) is 2.51. The molecule has 0 radical (unpaired) electrons. The van der Waals surface area contributed by atoms with E-state index in [1.807, 2.05) is 12.4 Å². The van der Waals surface area contributed by atoms with Gasteiger partial charge in [0, 0.05) is 31.0 Å². The van der Waals surface area contributed by atoms with E-state index < -0.39 is 0 Å². The highest BCUT2D eigenvalue weighted by atomic mass is 15.2. The summed E-state index contributed by atoms with van der Waals surface area (Å²) in [5.74, 6) is 1.15. The number of aryl methyl sites for hydroxylation is 1. The van der Waals surface area contributed by atoms with Crippen molar-refractivity contribution in [2.45, 2.75) is 51.9 Å². The molecule has 2 unspecified atom stereocenters. The van der Waals surface area contributed by atoms with Crippen LogP contribution in [0.25, 0.3) is 0 Å². The highest BCUT2D eigenvalue weighted by Crippen LogP contribution is 2.15. The minimum absolute atomic E-state index is 0.642. The molecule has 1 aliphatic heterocycles. The molecule has 0 aliphatic carbocycles. The molecule has 1 fully saturated rings. The molecule has 1 aromatic rings. The van der Waals surface area contributed by atoms with Crippen LogP contribution in [0.3, 0.4) is 0 Å². The van der Waals surface area contributed by atoms with Gasteiger partial charge in [-0.25, -0.2) is 4.98 Å². The van der Waals surface area contributed by atoms with Crippen molar-refractivity contribution in [1.29, 1.82) is 0 Å². The third-order valence-corrected chi connectivity index (χ3v) is 3.90. The fourth-order valence-corrected chi connectivity index (χ4v) is 2.51. The number of hydrogen-bond acceptors (Lipinski definition) is 3. The summed E-state index contributed by atoms with van der Waals surface area (Å²) in [4.78, 5) is 6.83. The van der Waals surface area contributed by atoms with E-state index in [1.165, 1.54) is 19.4 Å². The first-order valence-corrected chi connectivity index (χ1v) is 6.64. The molecular weight excluding hydrogens is 212 g/mol. The molecule has 1 aromatic heterocycles. The monoisotopic (exact) mass is 236 g/mol. The first kappa shape index (κ1) is 12.6. The molecule has 0 bridgehead atoms. The Morgan fingerprint density at radius 1 is 1.53 bits per heavy atom. The molecule has 4 nitrogen and oxygen atoms in total. The summed E-state index contributed by atoms with van der Waals surface area (Å²) < 4.78 is 2.20. The van der Waals surface area contributed by atoms with E-state index in [4.69, 9.17) is 0 Å². The van der Waals surface area contributed by atoms with Gasteiger partial charge in [0.2, 0.25) is 0 Å². The van der Waals surface area contributed by atoms with Gasteiger partial charge in [0.05, 0.1) is 6.54 Å². The van der Waals surface area contributed by atoms with Crippen LogP contribution in [-0.4, -0.2) is 40.1 Å². The van der Waals surface area contributed by atoms with Crippen LogP contribution in [0, 0.1) is 0 Å². The zero-order valence-electron chi connectivity index (χ0n) is 11.2. The Kier molecular flexibility index (Phi) is 4.18. The van der Waals surface area contributed by atoms with E-state index >= 15 is 0 Å². The number of likely N-dealkylation sites (tertiary alicyclic amines) is 1. The lowest BCUT2D eigenvalue weighted by Gasteiger charge is -2.35. The van der Waals surface area contributed by atoms with Crippen molar-refractivity contribution < 1.29 is 0 Å². The highest BCUT2D eigenvalue weighted by molar-refractivity contribution is 4.93. The molecule has 2 heterocycles. The molecule has 2 atom stereocenters. The molecule has 2 rings (SSSR count). The van der Waals surface area contributed by atoms with E-state index in [9.17, 15) is 0 Å². The van der Waals surface area contributed by atoms with Crippen LogP contribution < -0.4 is 5.32 Å². The lowest BCUT2D eigenvalue weighted by Crippen LogP contribution is -2.45. The molecule has 1 N–H and O–H groups in total. The molecule has 0 saturated carbocycles. The number of nitrogens with one attached hydrogen (secondary N) is 1. The van der Waals surface area contributed by atoms with Crippen LogP contribution in [0.15, 0.2) is 12.4 Å². The standard InChI is InChI=1S/C13H24N4/c1-4-17-8-6-14-13(17)10-15-12-5-7-16(3)11(2)9-12/h6,8,11-12,15H,4-5,7,9-10H2,1-3H3. The molecule has 1 saturated heterocycles. The highest BCUT2D eigenvalue weighted by Gasteiger charge is 2.22. The normalized spacial score (nSPS) is 26.3. The first-order chi connectivity index (χ1) is 8.20. The summed E-state index contributed by atoms with van der Waals surface area (Å²) in [6.45, 7) is 7.55. The Morgan fingerprint density at radius 3 is 3.06 bits per heavy atom. The number of imidazole rings is 1. The van der Waals surface area contributed by atoms with Crippen molar-refractivity contribution in [2.24, 2.45) is 0 Å². The lowest BCUT2D eigenvalue weighted by molar-refractivity contribution is 0.167. The van der Waals surface area contributed by atoms with Crippen LogP contribution >= 0.6 is 0 Å².